The molecule has 1 saturated carbocycles. The quantitative estimate of drug-likeness (QED) is 0.502. The van der Waals surface area contributed by atoms with Crippen LogP contribution in [0.3, 0.4) is 0 Å². The van der Waals surface area contributed by atoms with Crippen LogP contribution in [0.1, 0.15) is 61.3 Å². The van der Waals surface area contributed by atoms with Crippen LogP contribution in [0, 0.1) is 17.8 Å². The molecule has 0 heterocycles. The molecule has 28 heavy (non-hydrogen) atoms. The van der Waals surface area contributed by atoms with E-state index in [-0.39, 0.29) is 17.8 Å². The van der Waals surface area contributed by atoms with Crippen molar-refractivity contribution in [1.82, 2.24) is 10.6 Å². The third kappa shape index (κ3) is 9.28. The van der Waals surface area contributed by atoms with E-state index in [0.717, 1.165) is 6.42 Å². The van der Waals surface area contributed by atoms with Crippen molar-refractivity contribution >= 4 is 18.2 Å². The van der Waals surface area contributed by atoms with Crippen LogP contribution in [0.5, 0.6) is 0 Å². The average molecular weight is 401 g/mol. The van der Waals surface area contributed by atoms with Crippen molar-refractivity contribution in [3.8, 4) is 0 Å². The highest BCUT2D eigenvalue weighted by atomic mass is 16.6. The molecular weight excluding hydrogens is 364 g/mol. The lowest BCUT2D eigenvalue weighted by atomic mass is 9.94. The lowest BCUT2D eigenvalue weighted by Gasteiger charge is -2.25. The molecule has 0 unspecified atom stereocenters. The Kier molecular flexibility index (Phi) is 8.14. The van der Waals surface area contributed by atoms with E-state index in [4.69, 9.17) is 14.2 Å². The fraction of sp³-hybridized carbons (Fsp3) is 0.850. The van der Waals surface area contributed by atoms with E-state index in [1.54, 1.807) is 27.7 Å². The predicted octanol–water partition coefficient (Wildman–Crippen LogP) is 3.24. The van der Waals surface area contributed by atoms with Gasteiger partial charge in [0, 0.05) is 12.6 Å². The van der Waals surface area contributed by atoms with Gasteiger partial charge in [0.1, 0.15) is 11.2 Å². The molecule has 162 valence electrons. The zero-order valence-corrected chi connectivity index (χ0v) is 18.4. The molecule has 2 N–H and O–H groups in total. The Morgan fingerprint density at radius 1 is 0.964 bits per heavy atom. The lowest BCUT2D eigenvalue weighted by Crippen LogP contribution is -2.44. The monoisotopic (exact) mass is 400 g/mol. The molecule has 0 aromatic heterocycles. The molecule has 1 aliphatic rings. The smallest absolute Gasteiger partial charge is 0.407 e. The molecule has 0 aromatic carbocycles. The number of nitrogens with one attached hydrogen (secondary N) is 2. The van der Waals surface area contributed by atoms with Gasteiger partial charge >= 0.3 is 18.2 Å². The van der Waals surface area contributed by atoms with Gasteiger partial charge in [0.25, 0.3) is 0 Å². The first-order valence-electron chi connectivity index (χ1n) is 9.76. The van der Waals surface area contributed by atoms with Crippen molar-refractivity contribution in [3.05, 3.63) is 0 Å². The Morgan fingerprint density at radius 2 is 1.50 bits per heavy atom. The molecule has 8 heteroatoms. The first-order valence-corrected chi connectivity index (χ1v) is 9.76. The molecule has 0 spiro atoms. The topological polar surface area (TPSA) is 103 Å². The summed E-state index contributed by atoms with van der Waals surface area (Å²) in [4.78, 5) is 36.0. The van der Waals surface area contributed by atoms with Crippen LogP contribution in [-0.4, -0.2) is 49.1 Å². The van der Waals surface area contributed by atoms with Gasteiger partial charge in [-0.2, -0.15) is 0 Å². The van der Waals surface area contributed by atoms with Crippen LogP contribution in [0.2, 0.25) is 0 Å². The van der Waals surface area contributed by atoms with E-state index in [9.17, 15) is 14.4 Å². The van der Waals surface area contributed by atoms with Crippen molar-refractivity contribution in [3.63, 3.8) is 0 Å². The van der Waals surface area contributed by atoms with Crippen LogP contribution < -0.4 is 10.6 Å². The number of esters is 1. The van der Waals surface area contributed by atoms with E-state index in [2.05, 4.69) is 10.6 Å². The van der Waals surface area contributed by atoms with E-state index in [0.29, 0.717) is 13.0 Å². The highest BCUT2D eigenvalue weighted by molar-refractivity contribution is 5.75. The first kappa shape index (κ1) is 24.0. The van der Waals surface area contributed by atoms with Gasteiger partial charge in [-0.15, -0.1) is 0 Å². The van der Waals surface area contributed by atoms with E-state index < -0.39 is 35.3 Å². The number of methoxy groups -OCH3 is 1. The third-order valence-corrected chi connectivity index (χ3v) is 4.39. The molecular formula is C20H36N2O6. The summed E-state index contributed by atoms with van der Waals surface area (Å²) in [7, 11) is 1.34. The number of carbonyl (C=O) groups excluding carboxylic acids is 3. The first-order chi connectivity index (χ1) is 12.7. The number of hydrogen-bond acceptors (Lipinski definition) is 6. The Labute approximate surface area is 168 Å². The van der Waals surface area contributed by atoms with Crippen molar-refractivity contribution in [1.29, 1.82) is 0 Å². The van der Waals surface area contributed by atoms with Gasteiger partial charge in [-0.25, -0.2) is 9.59 Å². The molecule has 0 aliphatic heterocycles. The minimum absolute atomic E-state index is 0.280. The van der Waals surface area contributed by atoms with Crippen molar-refractivity contribution in [2.75, 3.05) is 13.7 Å². The standard InChI is InChI=1S/C20H36N2O6/c1-12(22-18(25)28-20(5,6)7)15(16(23)26-8)10-13-9-14(13)11-21-17(24)27-19(2,3)4/h12-15H,9-11H2,1-8H3,(H,21,24)(H,22,25)/t12-,13-,14+,15-/m1/s1. The number of hydrogen-bond donors (Lipinski definition) is 2. The lowest BCUT2D eigenvalue weighted by molar-refractivity contribution is -0.146. The second-order valence-electron chi connectivity index (χ2n) is 9.44. The summed E-state index contributed by atoms with van der Waals surface area (Å²) >= 11 is 0. The maximum atomic E-state index is 12.2. The molecule has 8 nitrogen and oxygen atoms in total. The van der Waals surface area contributed by atoms with Gasteiger partial charge in [-0.3, -0.25) is 4.79 Å². The van der Waals surface area contributed by atoms with Crippen molar-refractivity contribution < 1.29 is 28.6 Å². The van der Waals surface area contributed by atoms with Gasteiger partial charge < -0.3 is 24.8 Å². The summed E-state index contributed by atoms with van der Waals surface area (Å²) in [6, 6.07) is -0.428. The Balaban J connectivity index is 2.51. The third-order valence-electron chi connectivity index (χ3n) is 4.39. The second kappa shape index (κ2) is 9.47. The molecule has 2 amide bonds. The number of carbonyl (C=O) groups is 3. The fourth-order valence-corrected chi connectivity index (χ4v) is 2.95. The van der Waals surface area contributed by atoms with E-state index in [1.807, 2.05) is 20.8 Å². The maximum Gasteiger partial charge on any atom is 0.407 e. The Hall–Kier alpha value is -1.99. The number of amides is 2. The summed E-state index contributed by atoms with van der Waals surface area (Å²) in [5.41, 5.74) is -1.15. The minimum Gasteiger partial charge on any atom is -0.469 e. The SMILES string of the molecule is COC(=O)[C@H](C[C@H]1C[C@H]1CNC(=O)OC(C)(C)C)[C@@H](C)NC(=O)OC(C)(C)C. The second-order valence-corrected chi connectivity index (χ2v) is 9.44. The zero-order valence-electron chi connectivity index (χ0n) is 18.4. The zero-order chi connectivity index (χ0) is 21.7. The highest BCUT2D eigenvalue weighted by Gasteiger charge is 2.42. The molecule has 4 atom stereocenters. The normalized spacial score (nSPS) is 21.1. The predicted molar refractivity (Wildman–Crippen MR) is 105 cm³/mol. The van der Waals surface area contributed by atoms with E-state index in [1.165, 1.54) is 7.11 Å². The molecule has 0 saturated heterocycles. The summed E-state index contributed by atoms with van der Waals surface area (Å²) in [5, 5.41) is 5.49. The largest absolute Gasteiger partial charge is 0.469 e. The number of rotatable bonds is 7. The van der Waals surface area contributed by atoms with Gasteiger partial charge in [0.2, 0.25) is 0 Å². The fourth-order valence-electron chi connectivity index (χ4n) is 2.95. The van der Waals surface area contributed by atoms with Gasteiger partial charge in [-0.05, 0) is 73.1 Å². The van der Waals surface area contributed by atoms with Gasteiger partial charge in [0.05, 0.1) is 13.0 Å². The van der Waals surface area contributed by atoms with Crippen LogP contribution in [-0.2, 0) is 19.0 Å². The Bertz CT molecular complexity index is 564. The summed E-state index contributed by atoms with van der Waals surface area (Å²) in [6.45, 7) is 13.0. The van der Waals surface area contributed by atoms with Crippen LogP contribution in [0.25, 0.3) is 0 Å². The maximum absolute atomic E-state index is 12.2. The highest BCUT2D eigenvalue weighted by Crippen LogP contribution is 2.43. The molecule has 0 aromatic rings. The molecule has 0 radical (unpaired) electrons. The van der Waals surface area contributed by atoms with Crippen LogP contribution >= 0.6 is 0 Å². The van der Waals surface area contributed by atoms with Gasteiger partial charge in [-0.1, -0.05) is 0 Å². The molecule has 1 rings (SSSR count). The summed E-state index contributed by atoms with van der Waals surface area (Å²) in [5.74, 6) is -0.279. The summed E-state index contributed by atoms with van der Waals surface area (Å²) in [6.07, 6.45) is 0.475. The van der Waals surface area contributed by atoms with Crippen LogP contribution in [0.4, 0.5) is 9.59 Å². The summed E-state index contributed by atoms with van der Waals surface area (Å²) < 4.78 is 15.4. The minimum atomic E-state index is -0.612. The van der Waals surface area contributed by atoms with E-state index >= 15 is 0 Å². The number of alkyl carbamates (subject to hydrolysis) is 2. The average Bonchev–Trinajstić information content (AvgIpc) is 3.24. The Morgan fingerprint density at radius 3 is 2.00 bits per heavy atom. The molecule has 1 fully saturated rings. The van der Waals surface area contributed by atoms with Crippen LogP contribution in [0.15, 0.2) is 0 Å². The van der Waals surface area contributed by atoms with Crippen molar-refractivity contribution in [2.24, 2.45) is 17.8 Å². The molecule has 0 bridgehead atoms. The molecule has 1 aliphatic carbocycles. The van der Waals surface area contributed by atoms with Crippen molar-refractivity contribution in [2.45, 2.75) is 78.6 Å². The van der Waals surface area contributed by atoms with Gasteiger partial charge in [0.15, 0.2) is 0 Å². The number of ether oxygens (including phenoxy) is 3.